The van der Waals surface area contributed by atoms with Gasteiger partial charge in [0, 0.05) is 5.69 Å². The number of aliphatic hydroxyl groups is 1. The lowest BCUT2D eigenvalue weighted by molar-refractivity contribution is 0.144. The number of halogens is 1. The first-order chi connectivity index (χ1) is 7.69. The Bertz CT molecular complexity index is 430. The van der Waals surface area contributed by atoms with Crippen LogP contribution in [0.25, 0.3) is 0 Å². The molecule has 0 spiro atoms. The van der Waals surface area contributed by atoms with Crippen LogP contribution in [0.2, 0.25) is 5.02 Å². The van der Waals surface area contributed by atoms with Gasteiger partial charge in [-0.1, -0.05) is 11.6 Å². The summed E-state index contributed by atoms with van der Waals surface area (Å²) in [6.45, 7) is 0.130. The Kier molecular flexibility index (Phi) is 3.04. The van der Waals surface area contributed by atoms with E-state index in [0.717, 1.165) is 24.9 Å². The zero-order chi connectivity index (χ0) is 11.6. The zero-order valence-corrected chi connectivity index (χ0v) is 9.59. The lowest BCUT2D eigenvalue weighted by Crippen LogP contribution is -2.48. The molecule has 2 rings (SSSR count). The molecular weight excluding hydrogens is 224 g/mol. The fraction of sp³-hybridized carbons (Fsp3) is 0.417. The van der Waals surface area contributed by atoms with Crippen molar-refractivity contribution in [3.8, 4) is 6.07 Å². The Hall–Kier alpha value is -1.24. The van der Waals surface area contributed by atoms with Crippen LogP contribution in [0.1, 0.15) is 24.8 Å². The average Bonchev–Trinajstić information content (AvgIpc) is 2.24. The smallest absolute Gasteiger partial charge is 0.101 e. The molecule has 84 valence electrons. The van der Waals surface area contributed by atoms with Crippen LogP contribution in [0.4, 0.5) is 5.69 Å². The summed E-state index contributed by atoms with van der Waals surface area (Å²) in [5.41, 5.74) is 1.15. The molecular formula is C12H13ClN2O. The van der Waals surface area contributed by atoms with E-state index in [1.54, 1.807) is 12.1 Å². The van der Waals surface area contributed by atoms with E-state index in [1.165, 1.54) is 0 Å². The molecule has 0 aromatic heterocycles. The highest BCUT2D eigenvalue weighted by molar-refractivity contribution is 6.32. The van der Waals surface area contributed by atoms with E-state index in [4.69, 9.17) is 16.9 Å². The molecule has 0 atom stereocenters. The highest BCUT2D eigenvalue weighted by atomic mass is 35.5. The molecule has 0 radical (unpaired) electrons. The van der Waals surface area contributed by atoms with Gasteiger partial charge in [0.05, 0.1) is 22.7 Å². The summed E-state index contributed by atoms with van der Waals surface area (Å²) in [6.07, 6.45) is 3.08. The second-order valence-corrected chi connectivity index (χ2v) is 4.63. The van der Waals surface area contributed by atoms with Gasteiger partial charge in [-0.15, -0.1) is 0 Å². The molecule has 0 unspecified atom stereocenters. The van der Waals surface area contributed by atoms with E-state index in [1.807, 2.05) is 12.1 Å². The normalized spacial score (nSPS) is 17.3. The van der Waals surface area contributed by atoms with Gasteiger partial charge in [-0.25, -0.2) is 0 Å². The Labute approximate surface area is 99.7 Å². The number of nitriles is 1. The first kappa shape index (κ1) is 11.3. The standard InChI is InChI=1S/C12H13ClN2O/c13-11-6-10(3-2-9(11)7-14)15-12(8-16)4-1-5-12/h2-3,6,15-16H,1,4-5,8H2. The predicted molar refractivity (Wildman–Crippen MR) is 63.5 cm³/mol. The molecule has 16 heavy (non-hydrogen) atoms. The number of rotatable bonds is 3. The summed E-state index contributed by atoms with van der Waals surface area (Å²) in [4.78, 5) is 0. The molecule has 1 aromatic carbocycles. The number of benzene rings is 1. The molecule has 1 aromatic rings. The van der Waals surface area contributed by atoms with Crippen LogP contribution in [0.5, 0.6) is 0 Å². The summed E-state index contributed by atoms with van der Waals surface area (Å²) in [5, 5.41) is 21.8. The van der Waals surface area contributed by atoms with Gasteiger partial charge in [0.15, 0.2) is 0 Å². The lowest BCUT2D eigenvalue weighted by atomic mass is 9.77. The van der Waals surface area contributed by atoms with E-state index < -0.39 is 0 Å². The summed E-state index contributed by atoms with van der Waals surface area (Å²) in [7, 11) is 0. The van der Waals surface area contributed by atoms with E-state index in [9.17, 15) is 5.11 Å². The highest BCUT2D eigenvalue weighted by Crippen LogP contribution is 2.35. The van der Waals surface area contributed by atoms with Crippen molar-refractivity contribution < 1.29 is 5.11 Å². The third kappa shape index (κ3) is 1.99. The van der Waals surface area contributed by atoms with E-state index in [0.29, 0.717) is 10.6 Å². The maximum Gasteiger partial charge on any atom is 0.101 e. The van der Waals surface area contributed by atoms with Crippen LogP contribution in [0.15, 0.2) is 18.2 Å². The molecule has 1 saturated carbocycles. The average molecular weight is 237 g/mol. The third-order valence-corrected chi connectivity index (χ3v) is 3.43. The molecule has 3 nitrogen and oxygen atoms in total. The monoisotopic (exact) mass is 236 g/mol. The molecule has 1 aliphatic rings. The number of nitrogens with zero attached hydrogens (tertiary/aromatic N) is 1. The van der Waals surface area contributed by atoms with Gasteiger partial charge in [0.1, 0.15) is 6.07 Å². The first-order valence-corrected chi connectivity index (χ1v) is 5.66. The first-order valence-electron chi connectivity index (χ1n) is 5.28. The minimum Gasteiger partial charge on any atom is -0.394 e. The zero-order valence-electron chi connectivity index (χ0n) is 8.83. The quantitative estimate of drug-likeness (QED) is 0.848. The van der Waals surface area contributed by atoms with Crippen molar-refractivity contribution in [1.29, 1.82) is 5.26 Å². The lowest BCUT2D eigenvalue weighted by Gasteiger charge is -2.41. The van der Waals surface area contributed by atoms with Gasteiger partial charge in [-0.2, -0.15) is 5.26 Å². The predicted octanol–water partition coefficient (Wildman–Crippen LogP) is 2.54. The number of aliphatic hydroxyl groups excluding tert-OH is 1. The van der Waals surface area contributed by atoms with E-state index >= 15 is 0 Å². The molecule has 1 aliphatic carbocycles. The molecule has 0 aliphatic heterocycles. The van der Waals surface area contributed by atoms with Gasteiger partial charge in [-0.05, 0) is 37.5 Å². The largest absolute Gasteiger partial charge is 0.394 e. The number of hydrogen-bond donors (Lipinski definition) is 2. The van der Waals surface area contributed by atoms with Crippen LogP contribution in [-0.2, 0) is 0 Å². The van der Waals surface area contributed by atoms with Crippen molar-refractivity contribution in [3.63, 3.8) is 0 Å². The molecule has 4 heteroatoms. The minimum absolute atomic E-state index is 0.130. The van der Waals surface area contributed by atoms with Crippen molar-refractivity contribution in [3.05, 3.63) is 28.8 Å². The van der Waals surface area contributed by atoms with Crippen molar-refractivity contribution in [2.24, 2.45) is 0 Å². The Morgan fingerprint density at radius 1 is 1.50 bits per heavy atom. The van der Waals surface area contributed by atoms with Gasteiger partial charge < -0.3 is 10.4 Å². The highest BCUT2D eigenvalue weighted by Gasteiger charge is 2.36. The Balaban J connectivity index is 2.16. The second kappa shape index (κ2) is 4.32. The van der Waals surface area contributed by atoms with Gasteiger partial charge >= 0.3 is 0 Å². The summed E-state index contributed by atoms with van der Waals surface area (Å²) >= 11 is 5.94. The van der Waals surface area contributed by atoms with Crippen LogP contribution >= 0.6 is 11.6 Å². The van der Waals surface area contributed by atoms with Crippen LogP contribution in [0, 0.1) is 11.3 Å². The topological polar surface area (TPSA) is 56.0 Å². The summed E-state index contributed by atoms with van der Waals surface area (Å²) < 4.78 is 0. The summed E-state index contributed by atoms with van der Waals surface area (Å²) in [6, 6.07) is 7.26. The van der Waals surface area contributed by atoms with Gasteiger partial charge in [-0.3, -0.25) is 0 Å². The van der Waals surface area contributed by atoms with Crippen LogP contribution in [0.3, 0.4) is 0 Å². The molecule has 0 heterocycles. The fourth-order valence-electron chi connectivity index (χ4n) is 1.92. The van der Waals surface area contributed by atoms with Crippen LogP contribution < -0.4 is 5.32 Å². The molecule has 1 fully saturated rings. The Morgan fingerprint density at radius 2 is 2.25 bits per heavy atom. The maximum atomic E-state index is 9.32. The number of anilines is 1. The maximum absolute atomic E-state index is 9.32. The van der Waals surface area contributed by atoms with Crippen molar-refractivity contribution >= 4 is 17.3 Å². The van der Waals surface area contributed by atoms with Crippen LogP contribution in [-0.4, -0.2) is 17.3 Å². The molecule has 2 N–H and O–H groups in total. The van der Waals surface area contributed by atoms with Crippen molar-refractivity contribution in [1.82, 2.24) is 0 Å². The number of nitrogens with one attached hydrogen (secondary N) is 1. The summed E-state index contributed by atoms with van der Waals surface area (Å²) in [5.74, 6) is 0. The second-order valence-electron chi connectivity index (χ2n) is 4.22. The minimum atomic E-state index is -0.183. The van der Waals surface area contributed by atoms with Crippen molar-refractivity contribution in [2.75, 3.05) is 11.9 Å². The SMILES string of the molecule is N#Cc1ccc(NC2(CO)CCC2)cc1Cl. The van der Waals surface area contributed by atoms with E-state index in [-0.39, 0.29) is 12.1 Å². The van der Waals surface area contributed by atoms with E-state index in [2.05, 4.69) is 5.32 Å². The van der Waals surface area contributed by atoms with Gasteiger partial charge in [0.2, 0.25) is 0 Å². The Morgan fingerprint density at radius 3 is 2.69 bits per heavy atom. The number of hydrogen-bond acceptors (Lipinski definition) is 3. The molecule has 0 bridgehead atoms. The molecule has 0 amide bonds. The third-order valence-electron chi connectivity index (χ3n) is 3.11. The molecule has 0 saturated heterocycles. The van der Waals surface area contributed by atoms with Crippen molar-refractivity contribution in [2.45, 2.75) is 24.8 Å². The fourth-order valence-corrected chi connectivity index (χ4v) is 2.14. The van der Waals surface area contributed by atoms with Gasteiger partial charge in [0.25, 0.3) is 0 Å².